The molecule has 1 unspecified atom stereocenters. The van der Waals surface area contributed by atoms with Crippen molar-refractivity contribution in [1.29, 1.82) is 0 Å². The van der Waals surface area contributed by atoms with Crippen LogP contribution in [0.15, 0.2) is 0 Å². The lowest BCUT2D eigenvalue weighted by Crippen LogP contribution is -2.34. The summed E-state index contributed by atoms with van der Waals surface area (Å²) in [6.07, 6.45) is 0.144. The third-order valence-electron chi connectivity index (χ3n) is 2.61. The van der Waals surface area contributed by atoms with Crippen LogP contribution in [0.4, 0.5) is 5.13 Å². The van der Waals surface area contributed by atoms with E-state index >= 15 is 0 Å². The fourth-order valence-corrected chi connectivity index (χ4v) is 2.65. The van der Waals surface area contributed by atoms with Crippen molar-refractivity contribution in [2.24, 2.45) is 0 Å². The lowest BCUT2D eigenvalue weighted by atomic mass is 10.2. The Morgan fingerprint density at radius 2 is 2.19 bits per heavy atom. The number of carboxylic acid groups (broad SMARTS) is 1. The smallest absolute Gasteiger partial charge is 0.305 e. The molecule has 1 atom stereocenters. The van der Waals surface area contributed by atoms with Crippen LogP contribution >= 0.6 is 11.3 Å². The predicted molar refractivity (Wildman–Crippen MR) is 66.3 cm³/mol. The fraction of sp³-hybridized carbons (Fsp3) is 0.636. The molecule has 0 amide bonds. The summed E-state index contributed by atoms with van der Waals surface area (Å²) in [5, 5.41) is 9.71. The number of anilines is 1. The molecule has 0 saturated heterocycles. The molecule has 1 N–H and O–H groups in total. The van der Waals surface area contributed by atoms with Gasteiger partial charge in [0.2, 0.25) is 0 Å². The zero-order valence-electron chi connectivity index (χ0n) is 10.1. The first kappa shape index (κ1) is 13.0. The predicted octanol–water partition coefficient (Wildman–Crippen LogP) is 2.45. The summed E-state index contributed by atoms with van der Waals surface area (Å²) in [6, 6.07) is -0.0209. The van der Waals surface area contributed by atoms with Crippen LogP contribution in [0, 0.1) is 13.8 Å². The second-order valence-corrected chi connectivity index (χ2v) is 5.05. The van der Waals surface area contributed by atoms with Gasteiger partial charge in [-0.2, -0.15) is 0 Å². The van der Waals surface area contributed by atoms with Crippen LogP contribution in [0.5, 0.6) is 0 Å². The summed E-state index contributed by atoms with van der Waals surface area (Å²) in [7, 11) is 0. The van der Waals surface area contributed by atoms with Gasteiger partial charge >= 0.3 is 5.97 Å². The molecule has 90 valence electrons. The summed E-state index contributed by atoms with van der Waals surface area (Å²) in [5.74, 6) is -0.768. The zero-order chi connectivity index (χ0) is 12.3. The highest BCUT2D eigenvalue weighted by atomic mass is 32.1. The Kier molecular flexibility index (Phi) is 4.29. The van der Waals surface area contributed by atoms with Gasteiger partial charge in [0.05, 0.1) is 12.1 Å². The van der Waals surface area contributed by atoms with Gasteiger partial charge in [0.25, 0.3) is 0 Å². The lowest BCUT2D eigenvalue weighted by Gasteiger charge is -2.26. The van der Waals surface area contributed by atoms with E-state index in [9.17, 15) is 4.79 Å². The highest BCUT2D eigenvalue weighted by Crippen LogP contribution is 2.27. The maximum Gasteiger partial charge on any atom is 0.305 e. The monoisotopic (exact) mass is 242 g/mol. The van der Waals surface area contributed by atoms with Crippen LogP contribution in [0.25, 0.3) is 0 Å². The molecule has 0 aliphatic rings. The third kappa shape index (κ3) is 2.95. The Balaban J connectivity index is 2.85. The number of thiazole rings is 1. The third-order valence-corrected chi connectivity index (χ3v) is 3.72. The quantitative estimate of drug-likeness (QED) is 0.861. The molecule has 0 aliphatic heterocycles. The molecule has 1 heterocycles. The fourth-order valence-electron chi connectivity index (χ4n) is 1.58. The van der Waals surface area contributed by atoms with E-state index in [0.717, 1.165) is 17.4 Å². The molecule has 4 nitrogen and oxygen atoms in total. The molecular weight excluding hydrogens is 224 g/mol. The number of rotatable bonds is 5. The molecule has 16 heavy (non-hydrogen) atoms. The first-order valence-corrected chi connectivity index (χ1v) is 6.19. The Bertz CT molecular complexity index is 357. The summed E-state index contributed by atoms with van der Waals surface area (Å²) in [6.45, 7) is 8.73. The second-order valence-electron chi connectivity index (χ2n) is 3.87. The van der Waals surface area contributed by atoms with Gasteiger partial charge in [-0.05, 0) is 27.7 Å². The van der Waals surface area contributed by atoms with Gasteiger partial charge in [-0.3, -0.25) is 4.79 Å². The van der Waals surface area contributed by atoms with Crippen molar-refractivity contribution in [2.75, 3.05) is 11.4 Å². The molecular formula is C11H18N2O2S. The number of nitrogens with zero attached hydrogens (tertiary/aromatic N) is 2. The van der Waals surface area contributed by atoms with Crippen molar-refractivity contribution in [3.05, 3.63) is 10.6 Å². The van der Waals surface area contributed by atoms with E-state index in [2.05, 4.69) is 4.98 Å². The highest BCUT2D eigenvalue weighted by molar-refractivity contribution is 7.15. The minimum atomic E-state index is -0.768. The van der Waals surface area contributed by atoms with Crippen LogP contribution in [-0.2, 0) is 4.79 Å². The first-order chi connectivity index (χ1) is 7.45. The van der Waals surface area contributed by atoms with Gasteiger partial charge in [0, 0.05) is 17.5 Å². The number of aliphatic carboxylic acids is 1. The summed E-state index contributed by atoms with van der Waals surface area (Å²) in [4.78, 5) is 18.4. The number of carboxylic acids is 1. The minimum absolute atomic E-state index is 0.0209. The summed E-state index contributed by atoms with van der Waals surface area (Å²) in [5.41, 5.74) is 1.03. The maximum atomic E-state index is 10.7. The van der Waals surface area contributed by atoms with E-state index in [1.165, 1.54) is 4.88 Å². The van der Waals surface area contributed by atoms with Crippen molar-refractivity contribution in [1.82, 2.24) is 4.98 Å². The van der Waals surface area contributed by atoms with Gasteiger partial charge in [-0.25, -0.2) is 4.98 Å². The highest BCUT2D eigenvalue weighted by Gasteiger charge is 2.19. The number of aryl methyl sites for hydroxylation is 2. The van der Waals surface area contributed by atoms with E-state index in [-0.39, 0.29) is 12.5 Å². The molecule has 0 bridgehead atoms. The Morgan fingerprint density at radius 1 is 1.56 bits per heavy atom. The number of hydrogen-bond acceptors (Lipinski definition) is 4. The molecule has 0 radical (unpaired) electrons. The molecule has 1 aromatic heterocycles. The summed E-state index contributed by atoms with van der Waals surface area (Å²) >= 11 is 1.62. The molecule has 5 heteroatoms. The van der Waals surface area contributed by atoms with Crippen LogP contribution < -0.4 is 4.90 Å². The Hall–Kier alpha value is -1.10. The van der Waals surface area contributed by atoms with Crippen LogP contribution in [0.2, 0.25) is 0 Å². The zero-order valence-corrected chi connectivity index (χ0v) is 11.0. The van der Waals surface area contributed by atoms with Gasteiger partial charge in [-0.1, -0.05) is 0 Å². The molecule has 0 spiro atoms. The Labute approximate surface area is 99.9 Å². The SMILES string of the molecule is CCN(c1nc(C)c(C)s1)C(C)CC(=O)O. The van der Waals surface area contributed by atoms with Gasteiger partial charge in [0.15, 0.2) is 5.13 Å². The van der Waals surface area contributed by atoms with E-state index < -0.39 is 5.97 Å². The molecule has 0 fully saturated rings. The normalized spacial score (nSPS) is 12.5. The van der Waals surface area contributed by atoms with Crippen molar-refractivity contribution in [3.8, 4) is 0 Å². The number of hydrogen-bond donors (Lipinski definition) is 1. The molecule has 0 aromatic carbocycles. The molecule has 0 aliphatic carbocycles. The average Bonchev–Trinajstić information content (AvgIpc) is 2.46. The van der Waals surface area contributed by atoms with Crippen molar-refractivity contribution in [2.45, 2.75) is 40.2 Å². The molecule has 1 aromatic rings. The minimum Gasteiger partial charge on any atom is -0.481 e. The maximum absolute atomic E-state index is 10.7. The van der Waals surface area contributed by atoms with E-state index in [1.54, 1.807) is 11.3 Å². The van der Waals surface area contributed by atoms with Crippen LogP contribution in [0.3, 0.4) is 0 Å². The van der Waals surface area contributed by atoms with Crippen LogP contribution in [-0.4, -0.2) is 28.6 Å². The standard InChI is InChI=1S/C11H18N2O2S/c1-5-13(7(2)6-10(14)15)11-12-8(3)9(4)16-11/h7H,5-6H2,1-4H3,(H,14,15). The number of aromatic nitrogens is 1. The summed E-state index contributed by atoms with van der Waals surface area (Å²) < 4.78 is 0. The topological polar surface area (TPSA) is 53.4 Å². The van der Waals surface area contributed by atoms with E-state index in [4.69, 9.17) is 5.11 Å². The van der Waals surface area contributed by atoms with Gasteiger partial charge in [-0.15, -0.1) is 11.3 Å². The van der Waals surface area contributed by atoms with Crippen molar-refractivity contribution in [3.63, 3.8) is 0 Å². The molecule has 0 saturated carbocycles. The Morgan fingerprint density at radius 3 is 2.56 bits per heavy atom. The van der Waals surface area contributed by atoms with E-state index in [1.807, 2.05) is 32.6 Å². The van der Waals surface area contributed by atoms with Crippen LogP contribution in [0.1, 0.15) is 30.8 Å². The van der Waals surface area contributed by atoms with E-state index in [0.29, 0.717) is 0 Å². The lowest BCUT2D eigenvalue weighted by molar-refractivity contribution is -0.137. The van der Waals surface area contributed by atoms with Gasteiger partial charge < -0.3 is 10.0 Å². The average molecular weight is 242 g/mol. The van der Waals surface area contributed by atoms with Crippen molar-refractivity contribution < 1.29 is 9.90 Å². The largest absolute Gasteiger partial charge is 0.481 e. The van der Waals surface area contributed by atoms with Crippen molar-refractivity contribution >= 4 is 22.4 Å². The second kappa shape index (κ2) is 5.30. The first-order valence-electron chi connectivity index (χ1n) is 5.38. The molecule has 1 rings (SSSR count). The van der Waals surface area contributed by atoms with Gasteiger partial charge in [0.1, 0.15) is 0 Å². The number of carbonyl (C=O) groups is 1.